The number of rotatable bonds is 4. The van der Waals surface area contributed by atoms with Crippen LogP contribution in [0.1, 0.15) is 28.5 Å². The van der Waals surface area contributed by atoms with E-state index in [4.69, 9.17) is 4.74 Å². The summed E-state index contributed by atoms with van der Waals surface area (Å²) in [6.45, 7) is 3.16. The van der Waals surface area contributed by atoms with Crippen LogP contribution in [-0.4, -0.2) is 23.1 Å². The predicted molar refractivity (Wildman–Crippen MR) is 81.8 cm³/mol. The van der Waals surface area contributed by atoms with Crippen molar-refractivity contribution in [2.75, 3.05) is 0 Å². The standard InChI is InChI=1S/C16H15N3O3/c1-11-7-8-14(9-17-11)16(21)19-18-10-13-5-3-4-6-15(13)22-12(2)20/h3-10H,1-2H3,(H,19,21)/b18-10+. The van der Waals surface area contributed by atoms with Crippen molar-refractivity contribution in [2.24, 2.45) is 5.10 Å². The maximum atomic E-state index is 11.9. The van der Waals surface area contributed by atoms with Crippen molar-refractivity contribution < 1.29 is 14.3 Å². The molecule has 0 aliphatic carbocycles. The molecular weight excluding hydrogens is 282 g/mol. The Morgan fingerprint density at radius 2 is 2.00 bits per heavy atom. The fourth-order valence-electron chi connectivity index (χ4n) is 1.66. The highest BCUT2D eigenvalue weighted by molar-refractivity contribution is 5.94. The highest BCUT2D eigenvalue weighted by atomic mass is 16.5. The summed E-state index contributed by atoms with van der Waals surface area (Å²) in [5, 5.41) is 3.86. The minimum absolute atomic E-state index is 0.367. The van der Waals surface area contributed by atoms with Crippen LogP contribution >= 0.6 is 0 Å². The van der Waals surface area contributed by atoms with E-state index in [9.17, 15) is 9.59 Å². The van der Waals surface area contributed by atoms with E-state index in [1.807, 2.05) is 6.92 Å². The van der Waals surface area contributed by atoms with Crippen molar-refractivity contribution >= 4 is 18.1 Å². The van der Waals surface area contributed by atoms with Crippen LogP contribution < -0.4 is 10.2 Å². The van der Waals surface area contributed by atoms with E-state index in [-0.39, 0.29) is 5.91 Å². The van der Waals surface area contributed by atoms with Gasteiger partial charge in [0.1, 0.15) is 5.75 Å². The third kappa shape index (κ3) is 4.24. The zero-order valence-electron chi connectivity index (χ0n) is 12.2. The molecular formula is C16H15N3O3. The lowest BCUT2D eigenvalue weighted by Gasteiger charge is -2.04. The average molecular weight is 297 g/mol. The van der Waals surface area contributed by atoms with Gasteiger partial charge in [-0.25, -0.2) is 5.43 Å². The van der Waals surface area contributed by atoms with Crippen molar-refractivity contribution in [3.05, 3.63) is 59.4 Å². The molecule has 1 aromatic heterocycles. The predicted octanol–water partition coefficient (Wildman–Crippen LogP) is 2.08. The molecule has 0 aliphatic heterocycles. The molecule has 2 aromatic rings. The van der Waals surface area contributed by atoms with Crippen molar-refractivity contribution in [3.63, 3.8) is 0 Å². The van der Waals surface area contributed by atoms with Crippen LogP contribution in [0.25, 0.3) is 0 Å². The topological polar surface area (TPSA) is 80.6 Å². The number of benzene rings is 1. The van der Waals surface area contributed by atoms with Crippen LogP contribution in [0, 0.1) is 6.92 Å². The van der Waals surface area contributed by atoms with Gasteiger partial charge in [0.15, 0.2) is 0 Å². The monoisotopic (exact) mass is 297 g/mol. The summed E-state index contributed by atoms with van der Waals surface area (Å²) in [4.78, 5) is 26.9. The van der Waals surface area contributed by atoms with Crippen LogP contribution in [0.3, 0.4) is 0 Å². The molecule has 1 amide bonds. The molecule has 1 aromatic carbocycles. The van der Waals surface area contributed by atoms with Gasteiger partial charge in [0.25, 0.3) is 5.91 Å². The molecule has 6 nitrogen and oxygen atoms in total. The minimum atomic E-state index is -0.421. The van der Waals surface area contributed by atoms with Crippen molar-refractivity contribution in [1.29, 1.82) is 0 Å². The Labute approximate surface area is 127 Å². The normalized spacial score (nSPS) is 10.5. The summed E-state index contributed by atoms with van der Waals surface area (Å²) in [6.07, 6.45) is 2.89. The van der Waals surface area contributed by atoms with Gasteiger partial charge in [0, 0.05) is 24.4 Å². The molecule has 0 atom stereocenters. The molecule has 0 bridgehead atoms. The third-order valence-corrected chi connectivity index (χ3v) is 2.72. The summed E-state index contributed by atoms with van der Waals surface area (Å²) < 4.78 is 5.05. The van der Waals surface area contributed by atoms with Crippen LogP contribution in [0.5, 0.6) is 5.75 Å². The molecule has 112 valence electrons. The first-order valence-corrected chi connectivity index (χ1v) is 6.60. The Morgan fingerprint density at radius 3 is 2.68 bits per heavy atom. The number of aromatic nitrogens is 1. The number of carbonyl (C=O) groups is 2. The van der Waals surface area contributed by atoms with Gasteiger partial charge in [-0.2, -0.15) is 5.10 Å². The number of aryl methyl sites for hydroxylation is 1. The number of amides is 1. The van der Waals surface area contributed by atoms with E-state index in [0.717, 1.165) is 5.69 Å². The Hall–Kier alpha value is -3.02. The molecule has 22 heavy (non-hydrogen) atoms. The number of nitrogens with zero attached hydrogens (tertiary/aromatic N) is 2. The molecule has 1 N–H and O–H groups in total. The van der Waals surface area contributed by atoms with Crippen LogP contribution in [0.2, 0.25) is 0 Å². The molecule has 0 aliphatic rings. The Balaban J connectivity index is 2.05. The SMILES string of the molecule is CC(=O)Oc1ccccc1/C=N/NC(=O)c1ccc(C)nc1. The summed E-state index contributed by atoms with van der Waals surface area (Å²) in [5.74, 6) is -0.408. The van der Waals surface area contributed by atoms with Gasteiger partial charge in [0.2, 0.25) is 0 Å². The number of pyridine rings is 1. The largest absolute Gasteiger partial charge is 0.426 e. The van der Waals surface area contributed by atoms with Gasteiger partial charge >= 0.3 is 5.97 Å². The van der Waals surface area contributed by atoms with Crippen LogP contribution in [0.4, 0.5) is 0 Å². The molecule has 0 saturated carbocycles. The molecule has 0 fully saturated rings. The number of ether oxygens (including phenoxy) is 1. The molecule has 0 unspecified atom stereocenters. The van der Waals surface area contributed by atoms with Crippen molar-refractivity contribution in [2.45, 2.75) is 13.8 Å². The number of carbonyl (C=O) groups excluding carboxylic acids is 2. The fourth-order valence-corrected chi connectivity index (χ4v) is 1.66. The number of hydrogen-bond acceptors (Lipinski definition) is 5. The lowest BCUT2D eigenvalue weighted by molar-refractivity contribution is -0.131. The molecule has 2 rings (SSSR count). The van der Waals surface area contributed by atoms with E-state index in [0.29, 0.717) is 16.9 Å². The Kier molecular flexibility index (Phi) is 4.98. The summed E-state index contributed by atoms with van der Waals surface area (Å²) >= 11 is 0. The number of hydrogen-bond donors (Lipinski definition) is 1. The smallest absolute Gasteiger partial charge is 0.308 e. The average Bonchev–Trinajstić information content (AvgIpc) is 2.49. The van der Waals surface area contributed by atoms with Crippen LogP contribution in [-0.2, 0) is 4.79 Å². The van der Waals surface area contributed by atoms with Gasteiger partial charge < -0.3 is 4.74 Å². The number of para-hydroxylation sites is 1. The Bertz CT molecular complexity index is 709. The number of hydrazone groups is 1. The first-order valence-electron chi connectivity index (χ1n) is 6.60. The maximum Gasteiger partial charge on any atom is 0.308 e. The van der Waals surface area contributed by atoms with E-state index in [1.165, 1.54) is 19.3 Å². The molecule has 0 saturated heterocycles. The lowest BCUT2D eigenvalue weighted by atomic mass is 10.2. The lowest BCUT2D eigenvalue weighted by Crippen LogP contribution is -2.18. The summed E-state index contributed by atoms with van der Waals surface area (Å²) in [7, 11) is 0. The number of esters is 1. The quantitative estimate of drug-likeness (QED) is 0.405. The highest BCUT2D eigenvalue weighted by Crippen LogP contribution is 2.15. The van der Waals surface area contributed by atoms with Gasteiger partial charge in [-0.15, -0.1) is 0 Å². The van der Waals surface area contributed by atoms with E-state index in [2.05, 4.69) is 15.5 Å². The van der Waals surface area contributed by atoms with E-state index in [1.54, 1.807) is 36.4 Å². The van der Waals surface area contributed by atoms with Gasteiger partial charge in [-0.05, 0) is 31.2 Å². The second kappa shape index (κ2) is 7.12. The van der Waals surface area contributed by atoms with Crippen LogP contribution in [0.15, 0.2) is 47.7 Å². The highest BCUT2D eigenvalue weighted by Gasteiger charge is 2.05. The third-order valence-electron chi connectivity index (χ3n) is 2.72. The minimum Gasteiger partial charge on any atom is -0.426 e. The summed E-state index contributed by atoms with van der Waals surface area (Å²) in [6, 6.07) is 10.3. The van der Waals surface area contributed by atoms with Crippen molar-refractivity contribution in [3.8, 4) is 5.75 Å². The first kappa shape index (κ1) is 15.4. The zero-order chi connectivity index (χ0) is 15.9. The van der Waals surface area contributed by atoms with Crippen molar-refractivity contribution in [1.82, 2.24) is 10.4 Å². The molecule has 0 spiro atoms. The molecule has 6 heteroatoms. The summed E-state index contributed by atoms with van der Waals surface area (Å²) in [5.41, 5.74) is 4.22. The second-order valence-electron chi connectivity index (χ2n) is 4.52. The first-order chi connectivity index (χ1) is 10.6. The van der Waals surface area contributed by atoms with E-state index < -0.39 is 5.97 Å². The Morgan fingerprint density at radius 1 is 1.23 bits per heavy atom. The molecule has 0 radical (unpaired) electrons. The van der Waals surface area contributed by atoms with Gasteiger partial charge in [0.05, 0.1) is 11.8 Å². The maximum absolute atomic E-state index is 11.9. The van der Waals surface area contributed by atoms with E-state index >= 15 is 0 Å². The van der Waals surface area contributed by atoms with Gasteiger partial charge in [-0.1, -0.05) is 12.1 Å². The molecule has 1 heterocycles. The fraction of sp³-hybridized carbons (Fsp3) is 0.125. The van der Waals surface area contributed by atoms with Gasteiger partial charge in [-0.3, -0.25) is 14.6 Å². The number of nitrogens with one attached hydrogen (secondary N) is 1. The zero-order valence-corrected chi connectivity index (χ0v) is 12.2. The second-order valence-corrected chi connectivity index (χ2v) is 4.52.